The Kier molecular flexibility index (Phi) is 7.72. The maximum absolute atomic E-state index is 11.9. The molecule has 0 aliphatic heterocycles. The molecule has 0 aromatic rings. The van der Waals surface area contributed by atoms with Crippen LogP contribution in [0.15, 0.2) is 0 Å². The van der Waals surface area contributed by atoms with Gasteiger partial charge in [0.2, 0.25) is 5.91 Å². The second kappa shape index (κ2) is 8.46. The van der Waals surface area contributed by atoms with Gasteiger partial charge in [0.15, 0.2) is 0 Å². The van der Waals surface area contributed by atoms with E-state index in [0.717, 1.165) is 4.90 Å². The molecule has 0 unspecified atom stereocenters. The Morgan fingerprint density at radius 3 is 2.29 bits per heavy atom. The summed E-state index contributed by atoms with van der Waals surface area (Å²) in [6.45, 7) is 5.71. The first-order chi connectivity index (χ1) is 9.59. The number of urea groups is 1. The number of carboxylic acids is 1. The molecule has 3 amide bonds. The van der Waals surface area contributed by atoms with Gasteiger partial charge in [0.05, 0.1) is 6.61 Å². The number of amides is 3. The van der Waals surface area contributed by atoms with Crippen LogP contribution in [0, 0.1) is 5.41 Å². The van der Waals surface area contributed by atoms with Gasteiger partial charge in [0.25, 0.3) is 0 Å². The van der Waals surface area contributed by atoms with Crippen LogP contribution >= 0.6 is 0 Å². The highest BCUT2D eigenvalue weighted by Crippen LogP contribution is 2.19. The first-order valence-corrected chi connectivity index (χ1v) is 6.59. The maximum atomic E-state index is 11.9. The molecule has 21 heavy (non-hydrogen) atoms. The normalized spacial score (nSPS) is 12.4. The molecule has 122 valence electrons. The third-order valence-corrected chi connectivity index (χ3v) is 2.74. The van der Waals surface area contributed by atoms with Crippen molar-refractivity contribution in [1.82, 2.24) is 15.5 Å². The minimum atomic E-state index is -1.12. The summed E-state index contributed by atoms with van der Waals surface area (Å²) in [5.74, 6) is -1.46. The first kappa shape index (κ1) is 19.2. The Bertz CT molecular complexity index is 378. The summed E-state index contributed by atoms with van der Waals surface area (Å²) in [5.41, 5.74) is -0.636. The van der Waals surface area contributed by atoms with Crippen molar-refractivity contribution in [3.05, 3.63) is 0 Å². The van der Waals surface area contributed by atoms with Crippen LogP contribution in [0.2, 0.25) is 0 Å². The van der Waals surface area contributed by atoms with Crippen LogP contribution in [0.1, 0.15) is 20.8 Å². The summed E-state index contributed by atoms with van der Waals surface area (Å²) in [6, 6.07) is -1.65. The summed E-state index contributed by atoms with van der Waals surface area (Å²) in [5, 5.41) is 14.1. The number of methoxy groups -OCH3 is 1. The van der Waals surface area contributed by atoms with Crippen molar-refractivity contribution >= 4 is 17.9 Å². The quantitative estimate of drug-likeness (QED) is 0.569. The molecule has 0 saturated heterocycles. The topological polar surface area (TPSA) is 108 Å². The number of hydrogen-bond donors (Lipinski definition) is 3. The lowest BCUT2D eigenvalue weighted by Gasteiger charge is -2.29. The average Bonchev–Trinajstić information content (AvgIpc) is 2.33. The monoisotopic (exact) mass is 303 g/mol. The first-order valence-electron chi connectivity index (χ1n) is 6.59. The van der Waals surface area contributed by atoms with Crippen molar-refractivity contribution in [2.75, 3.05) is 33.9 Å². The van der Waals surface area contributed by atoms with Gasteiger partial charge in [-0.05, 0) is 5.41 Å². The number of nitrogens with one attached hydrogen (secondary N) is 2. The van der Waals surface area contributed by atoms with Crippen LogP contribution in [0.25, 0.3) is 0 Å². The lowest BCUT2D eigenvalue weighted by atomic mass is 9.87. The predicted octanol–water partition coefficient (Wildman–Crippen LogP) is -0.110. The van der Waals surface area contributed by atoms with Crippen LogP contribution in [0.3, 0.4) is 0 Å². The van der Waals surface area contributed by atoms with Crippen molar-refractivity contribution in [1.29, 1.82) is 0 Å². The summed E-state index contributed by atoms with van der Waals surface area (Å²) in [7, 11) is 2.94. The van der Waals surface area contributed by atoms with E-state index in [2.05, 4.69) is 10.6 Å². The number of carboxylic acid groups (broad SMARTS) is 1. The fourth-order valence-electron chi connectivity index (χ4n) is 1.52. The Morgan fingerprint density at radius 1 is 1.29 bits per heavy atom. The number of carbonyl (C=O) groups excluding carboxylic acids is 2. The molecule has 0 spiro atoms. The number of nitrogens with zero attached hydrogens (tertiary/aromatic N) is 1. The zero-order chi connectivity index (χ0) is 16.6. The van der Waals surface area contributed by atoms with E-state index in [0.29, 0.717) is 13.2 Å². The molecular weight excluding hydrogens is 278 g/mol. The zero-order valence-corrected chi connectivity index (χ0v) is 13.2. The number of rotatable bonds is 7. The van der Waals surface area contributed by atoms with E-state index in [-0.39, 0.29) is 12.5 Å². The van der Waals surface area contributed by atoms with Crippen molar-refractivity contribution in [3.63, 3.8) is 0 Å². The second-order valence-electron chi connectivity index (χ2n) is 5.79. The van der Waals surface area contributed by atoms with Gasteiger partial charge < -0.3 is 25.4 Å². The van der Waals surface area contributed by atoms with E-state index in [1.807, 2.05) is 0 Å². The number of hydrogen-bond acceptors (Lipinski definition) is 4. The Hall–Kier alpha value is -1.83. The Balaban J connectivity index is 4.44. The summed E-state index contributed by atoms with van der Waals surface area (Å²) < 4.78 is 4.79. The predicted molar refractivity (Wildman–Crippen MR) is 76.9 cm³/mol. The van der Waals surface area contributed by atoms with E-state index in [4.69, 9.17) is 9.84 Å². The minimum absolute atomic E-state index is 0.161. The molecule has 0 fully saturated rings. The smallest absolute Gasteiger partial charge is 0.326 e. The third-order valence-electron chi connectivity index (χ3n) is 2.74. The Labute approximate surface area is 124 Å². The number of ether oxygens (including phenoxy) is 1. The van der Waals surface area contributed by atoms with Crippen molar-refractivity contribution < 1.29 is 24.2 Å². The zero-order valence-electron chi connectivity index (χ0n) is 13.2. The molecule has 0 heterocycles. The third kappa shape index (κ3) is 7.50. The molecule has 0 aromatic heterocycles. The SMILES string of the molecule is COCCNC(=O)CN(C)C(=O)N[C@H](C(=O)O)C(C)(C)C. The van der Waals surface area contributed by atoms with Gasteiger partial charge in [0, 0.05) is 20.7 Å². The van der Waals surface area contributed by atoms with Gasteiger partial charge in [-0.15, -0.1) is 0 Å². The van der Waals surface area contributed by atoms with Gasteiger partial charge in [-0.1, -0.05) is 20.8 Å². The van der Waals surface area contributed by atoms with E-state index in [9.17, 15) is 14.4 Å². The molecule has 0 saturated carbocycles. The summed E-state index contributed by atoms with van der Waals surface area (Å²) in [4.78, 5) is 35.8. The van der Waals surface area contributed by atoms with Crippen LogP contribution in [-0.2, 0) is 14.3 Å². The number of aliphatic carboxylic acids is 1. The van der Waals surface area contributed by atoms with E-state index in [1.54, 1.807) is 20.8 Å². The van der Waals surface area contributed by atoms with E-state index >= 15 is 0 Å². The van der Waals surface area contributed by atoms with Crippen LogP contribution in [0.4, 0.5) is 4.79 Å². The van der Waals surface area contributed by atoms with Gasteiger partial charge in [-0.3, -0.25) is 4.79 Å². The molecule has 0 rings (SSSR count). The minimum Gasteiger partial charge on any atom is -0.480 e. The molecule has 0 aliphatic carbocycles. The molecule has 8 nitrogen and oxygen atoms in total. The molecule has 0 bridgehead atoms. The van der Waals surface area contributed by atoms with Gasteiger partial charge in [0.1, 0.15) is 12.6 Å². The fraction of sp³-hybridized carbons (Fsp3) is 0.769. The molecule has 0 radical (unpaired) electrons. The fourth-order valence-corrected chi connectivity index (χ4v) is 1.52. The Morgan fingerprint density at radius 2 is 1.86 bits per heavy atom. The standard InChI is InChI=1S/C13H25N3O5/c1-13(2,3)10(11(18)19)15-12(20)16(4)8-9(17)14-6-7-21-5/h10H,6-8H2,1-5H3,(H,14,17)(H,15,20)(H,18,19)/t10-/m1/s1. The second-order valence-corrected chi connectivity index (χ2v) is 5.79. The molecule has 3 N–H and O–H groups in total. The van der Waals surface area contributed by atoms with Gasteiger partial charge >= 0.3 is 12.0 Å². The lowest BCUT2D eigenvalue weighted by molar-refractivity contribution is -0.142. The average molecular weight is 303 g/mol. The molecule has 8 heteroatoms. The maximum Gasteiger partial charge on any atom is 0.326 e. The van der Waals surface area contributed by atoms with Crippen LogP contribution < -0.4 is 10.6 Å². The van der Waals surface area contributed by atoms with Crippen molar-refractivity contribution in [2.45, 2.75) is 26.8 Å². The van der Waals surface area contributed by atoms with Gasteiger partial charge in [-0.25, -0.2) is 9.59 Å². The number of carbonyl (C=O) groups is 3. The summed E-state index contributed by atoms with van der Waals surface area (Å²) in [6.07, 6.45) is 0. The van der Waals surface area contributed by atoms with Gasteiger partial charge in [-0.2, -0.15) is 0 Å². The number of likely N-dealkylation sites (N-methyl/N-ethyl adjacent to an activating group) is 1. The van der Waals surface area contributed by atoms with Crippen molar-refractivity contribution in [3.8, 4) is 0 Å². The highest BCUT2D eigenvalue weighted by atomic mass is 16.5. The van der Waals surface area contributed by atoms with Crippen LogP contribution in [0.5, 0.6) is 0 Å². The van der Waals surface area contributed by atoms with Crippen LogP contribution in [-0.4, -0.2) is 67.8 Å². The molecule has 0 aliphatic rings. The summed E-state index contributed by atoms with van der Waals surface area (Å²) >= 11 is 0. The lowest BCUT2D eigenvalue weighted by Crippen LogP contribution is -2.53. The molecule has 0 aromatic carbocycles. The van der Waals surface area contributed by atoms with Crippen molar-refractivity contribution in [2.24, 2.45) is 5.41 Å². The highest BCUT2D eigenvalue weighted by Gasteiger charge is 2.33. The van der Waals surface area contributed by atoms with E-state index < -0.39 is 23.5 Å². The molecular formula is C13H25N3O5. The molecule has 1 atom stereocenters. The highest BCUT2D eigenvalue weighted by molar-refractivity contribution is 5.86. The van der Waals surface area contributed by atoms with E-state index in [1.165, 1.54) is 14.2 Å². The largest absolute Gasteiger partial charge is 0.480 e.